The Balaban J connectivity index is 1.66. The summed E-state index contributed by atoms with van der Waals surface area (Å²) < 4.78 is 6.76. The van der Waals surface area contributed by atoms with Crippen molar-refractivity contribution in [1.82, 2.24) is 4.98 Å². The van der Waals surface area contributed by atoms with Crippen molar-refractivity contribution < 1.29 is 19.4 Å². The molecule has 0 aliphatic carbocycles. The molecule has 1 unspecified atom stereocenters. The zero-order valence-corrected chi connectivity index (χ0v) is 22.8. The number of nitrogens with zero attached hydrogens (tertiary/aromatic N) is 2. The Kier molecular flexibility index (Phi) is 7.04. The van der Waals surface area contributed by atoms with Crippen molar-refractivity contribution in [1.29, 1.82) is 0 Å². The van der Waals surface area contributed by atoms with Crippen LogP contribution in [0, 0.1) is 20.8 Å². The number of carbonyl (C=O) groups is 2. The number of thiazole rings is 1. The van der Waals surface area contributed by atoms with E-state index >= 15 is 0 Å². The summed E-state index contributed by atoms with van der Waals surface area (Å²) in [5, 5.41) is 11.9. The number of ether oxygens (including phenoxy) is 1. The molecule has 0 saturated carbocycles. The fraction of sp³-hybridized carbons (Fsp3) is 0.258. The molecule has 2 heterocycles. The topological polar surface area (TPSA) is 79.7 Å². The van der Waals surface area contributed by atoms with Gasteiger partial charge < -0.3 is 9.84 Å². The number of carbonyl (C=O) groups excluding carboxylic acids is 2. The highest BCUT2D eigenvalue weighted by molar-refractivity contribution is 7.22. The lowest BCUT2D eigenvalue weighted by molar-refractivity contribution is -0.132. The molecule has 1 aromatic heterocycles. The molecule has 0 spiro atoms. The lowest BCUT2D eigenvalue weighted by atomic mass is 9.95. The predicted molar refractivity (Wildman–Crippen MR) is 152 cm³/mol. The molecular weight excluding hydrogens is 496 g/mol. The zero-order valence-electron chi connectivity index (χ0n) is 21.9. The molecule has 1 aliphatic rings. The van der Waals surface area contributed by atoms with E-state index in [1.54, 1.807) is 18.2 Å². The number of aliphatic hydroxyl groups is 1. The number of aryl methyl sites for hydroxylation is 3. The molecule has 194 valence electrons. The van der Waals surface area contributed by atoms with Crippen molar-refractivity contribution >= 4 is 44.1 Å². The van der Waals surface area contributed by atoms with E-state index in [9.17, 15) is 14.7 Å². The number of hydrogen-bond acceptors (Lipinski definition) is 6. The van der Waals surface area contributed by atoms with Gasteiger partial charge in [-0.2, -0.15) is 0 Å². The number of ketones is 1. The number of amides is 1. The van der Waals surface area contributed by atoms with Gasteiger partial charge in [-0.3, -0.25) is 14.5 Å². The first-order valence-electron chi connectivity index (χ1n) is 12.8. The summed E-state index contributed by atoms with van der Waals surface area (Å²) in [6, 6.07) is 17.9. The largest absolute Gasteiger partial charge is 0.507 e. The van der Waals surface area contributed by atoms with Gasteiger partial charge in [0.1, 0.15) is 11.5 Å². The van der Waals surface area contributed by atoms with E-state index in [1.165, 1.54) is 16.2 Å². The Hall–Kier alpha value is -3.97. The van der Waals surface area contributed by atoms with Crippen LogP contribution >= 0.6 is 11.3 Å². The number of Topliss-reactive ketones (excluding diaryl/α,β-unsaturated/α-hetero) is 1. The summed E-state index contributed by atoms with van der Waals surface area (Å²) in [4.78, 5) is 33.3. The molecule has 1 N–H and O–H groups in total. The number of aromatic nitrogens is 1. The number of anilines is 1. The minimum Gasteiger partial charge on any atom is -0.507 e. The fourth-order valence-corrected chi connectivity index (χ4v) is 5.95. The maximum atomic E-state index is 13.5. The highest BCUT2D eigenvalue weighted by atomic mass is 32.1. The number of hydrogen-bond donors (Lipinski definition) is 1. The minimum atomic E-state index is -0.817. The Bertz CT molecular complexity index is 1570. The Morgan fingerprint density at radius 1 is 1.03 bits per heavy atom. The Labute approximate surface area is 226 Å². The maximum Gasteiger partial charge on any atom is 0.301 e. The summed E-state index contributed by atoms with van der Waals surface area (Å²) in [5.74, 6) is -1.08. The quantitative estimate of drug-likeness (QED) is 0.121. The zero-order chi connectivity index (χ0) is 27.0. The molecular formula is C31H30N2O4S. The predicted octanol–water partition coefficient (Wildman–Crippen LogP) is 7.03. The summed E-state index contributed by atoms with van der Waals surface area (Å²) in [6.07, 6.45) is 1.92. The number of benzene rings is 3. The number of fused-ring (bicyclic) bond motifs is 1. The molecule has 3 aromatic carbocycles. The van der Waals surface area contributed by atoms with E-state index in [0.29, 0.717) is 23.1 Å². The molecule has 4 aromatic rings. The third-order valence-electron chi connectivity index (χ3n) is 6.74. The average molecular weight is 527 g/mol. The monoisotopic (exact) mass is 526 g/mol. The van der Waals surface area contributed by atoms with Gasteiger partial charge in [-0.1, -0.05) is 72.7 Å². The standard InChI is InChI=1S/C31H30N2O4S/c1-5-6-14-37-23-9-7-8-22(17-23)28(34)25-27(21-12-10-18(2)11-13-21)33(30(36)29(25)35)31-32-26-20(4)15-19(3)16-24(26)38-31/h7-13,15-17,27,34H,5-6,14H2,1-4H3/b28-25+. The van der Waals surface area contributed by atoms with E-state index in [4.69, 9.17) is 9.72 Å². The van der Waals surface area contributed by atoms with Gasteiger partial charge in [-0.05, 0) is 62.1 Å². The molecule has 1 fully saturated rings. The maximum absolute atomic E-state index is 13.5. The number of rotatable bonds is 7. The van der Waals surface area contributed by atoms with Crippen LogP contribution in [0.3, 0.4) is 0 Å². The van der Waals surface area contributed by atoms with Crippen LogP contribution in [-0.4, -0.2) is 28.4 Å². The van der Waals surface area contributed by atoms with Crippen molar-refractivity contribution in [3.8, 4) is 5.75 Å². The first kappa shape index (κ1) is 25.7. The SMILES string of the molecule is CCCCOc1cccc(/C(O)=C2\C(=O)C(=O)N(c3nc4c(C)cc(C)cc4s3)C2c2ccc(C)cc2)c1. The van der Waals surface area contributed by atoms with Crippen molar-refractivity contribution in [3.05, 3.63) is 94.1 Å². The normalized spacial score (nSPS) is 16.9. The van der Waals surface area contributed by atoms with E-state index in [1.807, 2.05) is 63.2 Å². The number of unbranched alkanes of at least 4 members (excludes halogenated alkanes) is 1. The first-order valence-corrected chi connectivity index (χ1v) is 13.6. The van der Waals surface area contributed by atoms with Gasteiger partial charge in [-0.15, -0.1) is 0 Å². The lowest BCUT2D eigenvalue weighted by Crippen LogP contribution is -2.29. The van der Waals surface area contributed by atoms with Gasteiger partial charge in [-0.25, -0.2) is 4.98 Å². The van der Waals surface area contributed by atoms with Crippen LogP contribution in [0.1, 0.15) is 53.6 Å². The molecule has 1 atom stereocenters. The third kappa shape index (κ3) is 4.70. The van der Waals surface area contributed by atoms with Crippen molar-refractivity contribution in [2.24, 2.45) is 0 Å². The molecule has 0 radical (unpaired) electrons. The minimum absolute atomic E-state index is 0.0386. The fourth-order valence-electron chi connectivity index (χ4n) is 4.78. The van der Waals surface area contributed by atoms with Crippen molar-refractivity contribution in [2.75, 3.05) is 11.5 Å². The summed E-state index contributed by atoms with van der Waals surface area (Å²) >= 11 is 1.37. The Morgan fingerprint density at radius 3 is 2.53 bits per heavy atom. The smallest absolute Gasteiger partial charge is 0.301 e. The first-order chi connectivity index (χ1) is 18.3. The second-order valence-electron chi connectivity index (χ2n) is 9.73. The molecule has 1 saturated heterocycles. The molecule has 5 rings (SSSR count). The summed E-state index contributed by atoms with van der Waals surface area (Å²) in [6.45, 7) is 8.63. The second kappa shape index (κ2) is 10.4. The van der Waals surface area contributed by atoms with Gasteiger partial charge in [0.15, 0.2) is 5.13 Å². The van der Waals surface area contributed by atoms with Crippen LogP contribution in [0.4, 0.5) is 5.13 Å². The van der Waals surface area contributed by atoms with E-state index in [-0.39, 0.29) is 11.3 Å². The lowest BCUT2D eigenvalue weighted by Gasteiger charge is -2.23. The van der Waals surface area contributed by atoms with Crippen LogP contribution < -0.4 is 9.64 Å². The molecule has 1 amide bonds. The van der Waals surface area contributed by atoms with Crippen molar-refractivity contribution in [2.45, 2.75) is 46.6 Å². The third-order valence-corrected chi connectivity index (χ3v) is 7.74. The van der Waals surface area contributed by atoms with E-state index in [0.717, 1.165) is 45.3 Å². The van der Waals surface area contributed by atoms with Gasteiger partial charge in [0, 0.05) is 5.56 Å². The van der Waals surface area contributed by atoms with Crippen molar-refractivity contribution in [3.63, 3.8) is 0 Å². The molecule has 1 aliphatic heterocycles. The van der Waals surface area contributed by atoms with Gasteiger partial charge in [0.2, 0.25) is 0 Å². The van der Waals surface area contributed by atoms with E-state index < -0.39 is 17.7 Å². The van der Waals surface area contributed by atoms with Gasteiger partial charge in [0.25, 0.3) is 5.78 Å². The second-order valence-corrected chi connectivity index (χ2v) is 10.7. The highest BCUT2D eigenvalue weighted by Gasteiger charge is 2.48. The molecule has 0 bridgehead atoms. The molecule has 6 nitrogen and oxygen atoms in total. The van der Waals surface area contributed by atoms with Gasteiger partial charge in [0.05, 0.1) is 28.4 Å². The summed E-state index contributed by atoms with van der Waals surface area (Å²) in [7, 11) is 0. The van der Waals surface area contributed by atoms with Crippen LogP contribution in [0.15, 0.2) is 66.2 Å². The molecule has 7 heteroatoms. The molecule has 38 heavy (non-hydrogen) atoms. The van der Waals surface area contributed by atoms with E-state index in [2.05, 4.69) is 6.92 Å². The highest BCUT2D eigenvalue weighted by Crippen LogP contribution is 2.45. The van der Waals surface area contributed by atoms with Crippen LogP contribution in [0.25, 0.3) is 16.0 Å². The summed E-state index contributed by atoms with van der Waals surface area (Å²) in [5.41, 5.74) is 5.14. The van der Waals surface area contributed by atoms with Crippen LogP contribution in [0.2, 0.25) is 0 Å². The van der Waals surface area contributed by atoms with Gasteiger partial charge >= 0.3 is 5.91 Å². The number of aliphatic hydroxyl groups excluding tert-OH is 1. The van der Waals surface area contributed by atoms with Crippen LogP contribution in [0.5, 0.6) is 5.75 Å². The average Bonchev–Trinajstić information content (AvgIpc) is 3.43. The van der Waals surface area contributed by atoms with Crippen LogP contribution in [-0.2, 0) is 9.59 Å². The Morgan fingerprint density at radius 2 is 1.79 bits per heavy atom.